The molecule has 0 saturated heterocycles. The highest BCUT2D eigenvalue weighted by Crippen LogP contribution is 2.29. The van der Waals surface area contributed by atoms with Gasteiger partial charge in [-0.2, -0.15) is 0 Å². The molecule has 1 aromatic heterocycles. The van der Waals surface area contributed by atoms with Crippen molar-refractivity contribution in [2.24, 2.45) is 0 Å². The van der Waals surface area contributed by atoms with E-state index in [-0.39, 0.29) is 0 Å². The molecule has 0 unspecified atom stereocenters. The molecule has 0 radical (unpaired) electrons. The van der Waals surface area contributed by atoms with E-state index in [1.807, 2.05) is 48.5 Å². The van der Waals surface area contributed by atoms with E-state index in [0.717, 1.165) is 33.9 Å². The SMILES string of the molecule is C=CCn1c(-c2cccc(OC)c2)nc2cc(OC)ccc21. The maximum atomic E-state index is 5.31. The highest BCUT2D eigenvalue weighted by molar-refractivity contribution is 5.82. The molecule has 2 aromatic carbocycles. The summed E-state index contributed by atoms with van der Waals surface area (Å²) in [5, 5.41) is 0. The first-order valence-corrected chi connectivity index (χ1v) is 7.06. The molecule has 3 aromatic rings. The van der Waals surface area contributed by atoms with Crippen molar-refractivity contribution in [3.8, 4) is 22.9 Å². The lowest BCUT2D eigenvalue weighted by Crippen LogP contribution is -1.98. The number of hydrogen-bond acceptors (Lipinski definition) is 3. The molecule has 1 heterocycles. The minimum Gasteiger partial charge on any atom is -0.497 e. The minimum atomic E-state index is 0.690. The van der Waals surface area contributed by atoms with Crippen LogP contribution in [-0.2, 0) is 6.54 Å². The van der Waals surface area contributed by atoms with Gasteiger partial charge in [0.2, 0.25) is 0 Å². The van der Waals surface area contributed by atoms with Crippen molar-refractivity contribution in [2.75, 3.05) is 14.2 Å². The Bertz CT molecular complexity index is 821. The number of benzene rings is 2. The second kappa shape index (κ2) is 5.93. The summed E-state index contributed by atoms with van der Waals surface area (Å²) < 4.78 is 12.7. The average Bonchev–Trinajstić information content (AvgIpc) is 2.93. The van der Waals surface area contributed by atoms with Gasteiger partial charge in [0, 0.05) is 18.2 Å². The predicted molar refractivity (Wildman–Crippen MR) is 88.5 cm³/mol. The summed E-state index contributed by atoms with van der Waals surface area (Å²) in [5.41, 5.74) is 2.97. The lowest BCUT2D eigenvalue weighted by molar-refractivity contribution is 0.415. The molecular weight excluding hydrogens is 276 g/mol. The van der Waals surface area contributed by atoms with Crippen LogP contribution in [0.15, 0.2) is 55.1 Å². The number of nitrogens with zero attached hydrogens (tertiary/aromatic N) is 2. The first-order chi connectivity index (χ1) is 10.8. The van der Waals surface area contributed by atoms with Crippen LogP contribution in [0.2, 0.25) is 0 Å². The van der Waals surface area contributed by atoms with Crippen molar-refractivity contribution in [2.45, 2.75) is 6.54 Å². The summed E-state index contributed by atoms with van der Waals surface area (Å²) in [4.78, 5) is 4.77. The molecular formula is C18H18N2O2. The molecule has 4 nitrogen and oxygen atoms in total. The Hall–Kier alpha value is -2.75. The fourth-order valence-corrected chi connectivity index (χ4v) is 2.53. The highest BCUT2D eigenvalue weighted by Gasteiger charge is 2.13. The van der Waals surface area contributed by atoms with Crippen molar-refractivity contribution in [1.82, 2.24) is 9.55 Å². The van der Waals surface area contributed by atoms with Gasteiger partial charge in [-0.3, -0.25) is 0 Å². The zero-order chi connectivity index (χ0) is 15.5. The zero-order valence-corrected chi connectivity index (χ0v) is 12.7. The van der Waals surface area contributed by atoms with Crippen LogP contribution in [0.4, 0.5) is 0 Å². The highest BCUT2D eigenvalue weighted by atomic mass is 16.5. The van der Waals surface area contributed by atoms with Crippen LogP contribution < -0.4 is 9.47 Å². The van der Waals surface area contributed by atoms with Gasteiger partial charge in [0.1, 0.15) is 17.3 Å². The molecule has 112 valence electrons. The number of allylic oxidation sites excluding steroid dienone is 1. The van der Waals surface area contributed by atoms with E-state index in [0.29, 0.717) is 6.54 Å². The Balaban J connectivity index is 2.22. The van der Waals surface area contributed by atoms with Crippen molar-refractivity contribution >= 4 is 11.0 Å². The van der Waals surface area contributed by atoms with Gasteiger partial charge in [0.15, 0.2) is 0 Å². The van der Waals surface area contributed by atoms with Crippen LogP contribution >= 0.6 is 0 Å². The van der Waals surface area contributed by atoms with Crippen LogP contribution in [0.3, 0.4) is 0 Å². The number of hydrogen-bond donors (Lipinski definition) is 0. The summed E-state index contributed by atoms with van der Waals surface area (Å²) in [7, 11) is 3.32. The van der Waals surface area contributed by atoms with Gasteiger partial charge in [-0.05, 0) is 24.3 Å². The third-order valence-corrected chi connectivity index (χ3v) is 3.60. The van der Waals surface area contributed by atoms with E-state index in [2.05, 4.69) is 11.1 Å². The fraction of sp³-hybridized carbons (Fsp3) is 0.167. The Morgan fingerprint density at radius 2 is 1.86 bits per heavy atom. The van der Waals surface area contributed by atoms with Gasteiger partial charge < -0.3 is 14.0 Å². The first-order valence-electron chi connectivity index (χ1n) is 7.06. The second-order valence-electron chi connectivity index (χ2n) is 4.92. The second-order valence-corrected chi connectivity index (χ2v) is 4.92. The van der Waals surface area contributed by atoms with Crippen molar-refractivity contribution < 1.29 is 9.47 Å². The van der Waals surface area contributed by atoms with Gasteiger partial charge in [-0.1, -0.05) is 18.2 Å². The first kappa shape index (κ1) is 14.2. The lowest BCUT2D eigenvalue weighted by Gasteiger charge is -2.08. The van der Waals surface area contributed by atoms with Gasteiger partial charge in [0.25, 0.3) is 0 Å². The zero-order valence-electron chi connectivity index (χ0n) is 12.7. The minimum absolute atomic E-state index is 0.690. The van der Waals surface area contributed by atoms with Gasteiger partial charge in [0.05, 0.1) is 25.3 Å². The molecule has 4 heteroatoms. The van der Waals surface area contributed by atoms with E-state index in [4.69, 9.17) is 14.5 Å². The molecule has 0 bridgehead atoms. The largest absolute Gasteiger partial charge is 0.497 e. The van der Waals surface area contributed by atoms with Crippen molar-refractivity contribution in [3.63, 3.8) is 0 Å². The number of imidazole rings is 1. The van der Waals surface area contributed by atoms with E-state index < -0.39 is 0 Å². The third-order valence-electron chi connectivity index (χ3n) is 3.60. The van der Waals surface area contributed by atoms with Crippen LogP contribution in [-0.4, -0.2) is 23.8 Å². The van der Waals surface area contributed by atoms with Crippen LogP contribution in [0.1, 0.15) is 0 Å². The molecule has 0 atom stereocenters. The number of fused-ring (bicyclic) bond motifs is 1. The topological polar surface area (TPSA) is 36.3 Å². The van der Waals surface area contributed by atoms with Crippen molar-refractivity contribution in [3.05, 3.63) is 55.1 Å². The molecule has 22 heavy (non-hydrogen) atoms. The molecule has 0 aliphatic carbocycles. The number of rotatable bonds is 5. The predicted octanol–water partition coefficient (Wildman–Crippen LogP) is 3.91. The standard InChI is InChI=1S/C18H18N2O2/c1-4-10-20-17-9-8-15(22-3)12-16(17)19-18(20)13-6-5-7-14(11-13)21-2/h4-9,11-12H,1,10H2,2-3H3. The van der Waals surface area contributed by atoms with E-state index >= 15 is 0 Å². The summed E-state index contributed by atoms with van der Waals surface area (Å²) in [5.74, 6) is 2.50. The molecule has 0 N–H and O–H groups in total. The van der Waals surface area contributed by atoms with Gasteiger partial charge in [-0.25, -0.2) is 4.98 Å². The molecule has 0 aliphatic heterocycles. The normalized spacial score (nSPS) is 10.6. The maximum Gasteiger partial charge on any atom is 0.141 e. The molecule has 0 saturated carbocycles. The number of ether oxygens (including phenoxy) is 2. The fourth-order valence-electron chi connectivity index (χ4n) is 2.53. The number of aromatic nitrogens is 2. The summed E-state index contributed by atoms with van der Waals surface area (Å²) in [6, 6.07) is 13.8. The van der Waals surface area contributed by atoms with Crippen LogP contribution in [0.25, 0.3) is 22.4 Å². The number of methoxy groups -OCH3 is 2. The van der Waals surface area contributed by atoms with E-state index in [9.17, 15) is 0 Å². The summed E-state index contributed by atoms with van der Waals surface area (Å²) >= 11 is 0. The smallest absolute Gasteiger partial charge is 0.141 e. The lowest BCUT2D eigenvalue weighted by atomic mass is 10.2. The molecule has 0 fully saturated rings. The molecule has 3 rings (SSSR count). The summed E-state index contributed by atoms with van der Waals surface area (Å²) in [6.45, 7) is 4.54. The Morgan fingerprint density at radius 1 is 1.09 bits per heavy atom. The Kier molecular flexibility index (Phi) is 3.83. The Morgan fingerprint density at radius 3 is 2.59 bits per heavy atom. The molecule has 0 spiro atoms. The third kappa shape index (κ3) is 2.44. The monoisotopic (exact) mass is 294 g/mol. The maximum absolute atomic E-state index is 5.31. The Labute approximate surface area is 129 Å². The van der Waals surface area contributed by atoms with Crippen LogP contribution in [0.5, 0.6) is 11.5 Å². The van der Waals surface area contributed by atoms with Crippen molar-refractivity contribution in [1.29, 1.82) is 0 Å². The molecule has 0 amide bonds. The average molecular weight is 294 g/mol. The molecule has 0 aliphatic rings. The van der Waals surface area contributed by atoms with E-state index in [1.54, 1.807) is 14.2 Å². The van der Waals surface area contributed by atoms with Gasteiger partial charge >= 0.3 is 0 Å². The summed E-state index contributed by atoms with van der Waals surface area (Å²) in [6.07, 6.45) is 1.87. The van der Waals surface area contributed by atoms with Gasteiger partial charge in [-0.15, -0.1) is 6.58 Å². The van der Waals surface area contributed by atoms with E-state index in [1.165, 1.54) is 0 Å². The van der Waals surface area contributed by atoms with Crippen LogP contribution in [0, 0.1) is 0 Å². The quantitative estimate of drug-likeness (QED) is 0.669.